The monoisotopic (exact) mass is 146 g/mol. The molecule has 0 fully saturated rings. The van der Waals surface area contributed by atoms with Crippen LogP contribution in [0.15, 0.2) is 0 Å². The predicted molar refractivity (Wildman–Crippen MR) is 37.5 cm³/mol. The first-order valence-corrected chi connectivity index (χ1v) is 3.41. The van der Waals surface area contributed by atoms with E-state index in [0.717, 1.165) is 12.8 Å². The van der Waals surface area contributed by atoms with Crippen LogP contribution in [0, 0.1) is 5.92 Å². The normalized spacial score (nSPS) is 10.0. The quantitative estimate of drug-likeness (QED) is 0.562. The van der Waals surface area contributed by atoms with E-state index < -0.39 is 0 Å². The molecule has 0 rings (SSSR count). The van der Waals surface area contributed by atoms with Gasteiger partial charge in [-0.05, 0) is 12.8 Å². The van der Waals surface area contributed by atoms with Gasteiger partial charge in [0.2, 0.25) is 5.91 Å². The number of nitrogens with two attached hydrogens (primary N) is 1. The van der Waals surface area contributed by atoms with Crippen molar-refractivity contribution in [3.63, 3.8) is 0 Å². The standard InChI is InChI=1S/C6H14N2O2/c1-3-5(4-2)6(9)8-10-7/h5H,3-4,7H2,1-2H3,(H,8,9). The Morgan fingerprint density at radius 2 is 2.10 bits per heavy atom. The first kappa shape index (κ1) is 9.39. The Kier molecular flexibility index (Phi) is 4.88. The van der Waals surface area contributed by atoms with Crippen molar-refractivity contribution >= 4 is 5.91 Å². The van der Waals surface area contributed by atoms with E-state index in [2.05, 4.69) is 16.3 Å². The predicted octanol–water partition coefficient (Wildman–Crippen LogP) is 0.344. The summed E-state index contributed by atoms with van der Waals surface area (Å²) in [5.41, 5.74) is 2.09. The zero-order chi connectivity index (χ0) is 7.98. The van der Waals surface area contributed by atoms with E-state index in [0.29, 0.717) is 0 Å². The number of rotatable bonds is 4. The number of hydrogen-bond acceptors (Lipinski definition) is 3. The largest absolute Gasteiger partial charge is 0.272 e. The Balaban J connectivity index is 3.65. The lowest BCUT2D eigenvalue weighted by Gasteiger charge is -2.09. The third-order valence-electron chi connectivity index (χ3n) is 1.52. The topological polar surface area (TPSA) is 64.3 Å². The second-order valence-electron chi connectivity index (χ2n) is 2.10. The van der Waals surface area contributed by atoms with Gasteiger partial charge >= 0.3 is 0 Å². The van der Waals surface area contributed by atoms with Crippen molar-refractivity contribution in [2.75, 3.05) is 0 Å². The van der Waals surface area contributed by atoms with Crippen LogP contribution >= 0.6 is 0 Å². The van der Waals surface area contributed by atoms with E-state index in [9.17, 15) is 4.79 Å². The van der Waals surface area contributed by atoms with Crippen molar-refractivity contribution in [2.45, 2.75) is 26.7 Å². The lowest BCUT2D eigenvalue weighted by molar-refractivity contribution is -0.138. The highest BCUT2D eigenvalue weighted by molar-refractivity contribution is 5.77. The van der Waals surface area contributed by atoms with Crippen LogP contribution in [0.2, 0.25) is 0 Å². The Morgan fingerprint density at radius 3 is 2.40 bits per heavy atom. The van der Waals surface area contributed by atoms with Crippen LogP contribution in [0.1, 0.15) is 26.7 Å². The van der Waals surface area contributed by atoms with Gasteiger partial charge in [0.15, 0.2) is 0 Å². The second-order valence-corrected chi connectivity index (χ2v) is 2.10. The Labute approximate surface area is 60.6 Å². The van der Waals surface area contributed by atoms with E-state index in [1.807, 2.05) is 13.8 Å². The fourth-order valence-electron chi connectivity index (χ4n) is 0.801. The van der Waals surface area contributed by atoms with Crippen molar-refractivity contribution in [2.24, 2.45) is 11.8 Å². The summed E-state index contributed by atoms with van der Waals surface area (Å²) in [5.74, 6) is 4.52. The molecular weight excluding hydrogens is 132 g/mol. The molecule has 0 aliphatic heterocycles. The molecule has 0 aliphatic carbocycles. The van der Waals surface area contributed by atoms with Crippen LogP contribution in [0.25, 0.3) is 0 Å². The molecule has 4 nitrogen and oxygen atoms in total. The summed E-state index contributed by atoms with van der Waals surface area (Å²) < 4.78 is 0. The minimum Gasteiger partial charge on any atom is -0.272 e. The average Bonchev–Trinajstić information content (AvgIpc) is 1.91. The lowest BCUT2D eigenvalue weighted by Crippen LogP contribution is -2.32. The number of hydrogen-bond donors (Lipinski definition) is 2. The summed E-state index contributed by atoms with van der Waals surface area (Å²) >= 11 is 0. The van der Waals surface area contributed by atoms with Gasteiger partial charge in [-0.3, -0.25) is 4.79 Å². The molecule has 0 aromatic carbocycles. The van der Waals surface area contributed by atoms with Gasteiger partial charge in [-0.1, -0.05) is 13.8 Å². The third-order valence-corrected chi connectivity index (χ3v) is 1.52. The molecule has 60 valence electrons. The SMILES string of the molecule is CCC(CC)C(=O)NON. The van der Waals surface area contributed by atoms with Crippen LogP contribution in [0.5, 0.6) is 0 Å². The van der Waals surface area contributed by atoms with Crippen LogP contribution < -0.4 is 11.4 Å². The molecular formula is C6H14N2O2. The zero-order valence-corrected chi connectivity index (χ0v) is 6.39. The van der Waals surface area contributed by atoms with E-state index in [1.165, 1.54) is 0 Å². The van der Waals surface area contributed by atoms with Crippen molar-refractivity contribution in [3.05, 3.63) is 0 Å². The van der Waals surface area contributed by atoms with Crippen molar-refractivity contribution in [1.82, 2.24) is 5.48 Å². The molecule has 1 amide bonds. The van der Waals surface area contributed by atoms with Crippen LogP contribution in [-0.2, 0) is 9.73 Å². The molecule has 0 radical (unpaired) electrons. The van der Waals surface area contributed by atoms with Crippen molar-refractivity contribution in [3.8, 4) is 0 Å². The summed E-state index contributed by atoms with van der Waals surface area (Å²) in [6, 6.07) is 0. The Morgan fingerprint density at radius 1 is 1.60 bits per heavy atom. The van der Waals surface area contributed by atoms with E-state index in [4.69, 9.17) is 0 Å². The third kappa shape index (κ3) is 2.80. The number of amides is 1. The molecule has 0 aromatic heterocycles. The first-order chi connectivity index (χ1) is 4.76. The summed E-state index contributed by atoms with van der Waals surface area (Å²) in [7, 11) is 0. The van der Waals surface area contributed by atoms with Crippen LogP contribution in [0.4, 0.5) is 0 Å². The van der Waals surface area contributed by atoms with E-state index in [1.54, 1.807) is 0 Å². The minimum absolute atomic E-state index is 0.0172. The fraction of sp³-hybridized carbons (Fsp3) is 0.833. The molecule has 10 heavy (non-hydrogen) atoms. The van der Waals surface area contributed by atoms with E-state index >= 15 is 0 Å². The van der Waals surface area contributed by atoms with Gasteiger partial charge < -0.3 is 0 Å². The van der Waals surface area contributed by atoms with Gasteiger partial charge in [0, 0.05) is 5.92 Å². The fourth-order valence-corrected chi connectivity index (χ4v) is 0.801. The van der Waals surface area contributed by atoms with Gasteiger partial charge in [0.05, 0.1) is 0 Å². The molecule has 0 spiro atoms. The molecule has 0 atom stereocenters. The number of carbonyl (C=O) groups is 1. The van der Waals surface area contributed by atoms with Crippen LogP contribution in [0.3, 0.4) is 0 Å². The van der Waals surface area contributed by atoms with E-state index in [-0.39, 0.29) is 11.8 Å². The highest BCUT2D eigenvalue weighted by Gasteiger charge is 2.12. The van der Waals surface area contributed by atoms with Gasteiger partial charge in [0.1, 0.15) is 0 Å². The number of hydroxylamine groups is 1. The first-order valence-electron chi connectivity index (χ1n) is 3.41. The molecule has 0 unspecified atom stereocenters. The highest BCUT2D eigenvalue weighted by Crippen LogP contribution is 2.06. The maximum Gasteiger partial charge on any atom is 0.248 e. The number of carbonyl (C=O) groups excluding carboxylic acids is 1. The maximum absolute atomic E-state index is 10.9. The summed E-state index contributed by atoms with van der Waals surface area (Å²) in [6.07, 6.45) is 1.62. The minimum atomic E-state index is -0.146. The molecule has 0 aliphatic rings. The smallest absolute Gasteiger partial charge is 0.248 e. The zero-order valence-electron chi connectivity index (χ0n) is 6.39. The van der Waals surface area contributed by atoms with Gasteiger partial charge in [0.25, 0.3) is 0 Å². The summed E-state index contributed by atoms with van der Waals surface area (Å²) in [6.45, 7) is 3.90. The van der Waals surface area contributed by atoms with Gasteiger partial charge in [-0.25, -0.2) is 5.48 Å². The highest BCUT2D eigenvalue weighted by atomic mass is 16.8. The average molecular weight is 146 g/mol. The Hall–Kier alpha value is -0.610. The number of nitrogens with one attached hydrogen (secondary N) is 1. The molecule has 0 aromatic rings. The molecule has 0 saturated carbocycles. The molecule has 0 saturated heterocycles. The van der Waals surface area contributed by atoms with Crippen molar-refractivity contribution < 1.29 is 9.73 Å². The maximum atomic E-state index is 10.9. The second kappa shape index (κ2) is 5.20. The molecule has 3 N–H and O–H groups in total. The van der Waals surface area contributed by atoms with Gasteiger partial charge in [-0.15, -0.1) is 0 Å². The molecule has 0 bridgehead atoms. The van der Waals surface area contributed by atoms with Crippen LogP contribution in [-0.4, -0.2) is 5.91 Å². The lowest BCUT2D eigenvalue weighted by atomic mass is 10.0. The van der Waals surface area contributed by atoms with Gasteiger partial charge in [-0.2, -0.15) is 10.8 Å². The molecule has 0 heterocycles. The molecule has 4 heteroatoms. The Bertz CT molecular complexity index is 102. The van der Waals surface area contributed by atoms with Crippen molar-refractivity contribution in [1.29, 1.82) is 0 Å². The summed E-state index contributed by atoms with van der Waals surface area (Å²) in [5, 5.41) is 0. The summed E-state index contributed by atoms with van der Waals surface area (Å²) in [4.78, 5) is 14.9.